The van der Waals surface area contributed by atoms with Crippen molar-refractivity contribution in [1.29, 1.82) is 0 Å². The predicted octanol–water partition coefficient (Wildman–Crippen LogP) is 6.30. The molecule has 34 heavy (non-hydrogen) atoms. The van der Waals surface area contributed by atoms with Gasteiger partial charge in [0, 0.05) is 25.0 Å². The molecule has 5 rings (SSSR count). The van der Waals surface area contributed by atoms with E-state index in [1.165, 1.54) is 38.9 Å². The molecule has 4 heteroatoms. The van der Waals surface area contributed by atoms with Gasteiger partial charge >= 0.3 is 6.09 Å². The number of fused-ring (bicyclic) bond motifs is 4. The van der Waals surface area contributed by atoms with Crippen LogP contribution < -0.4 is 5.32 Å². The van der Waals surface area contributed by atoms with E-state index in [-0.39, 0.29) is 12.0 Å². The van der Waals surface area contributed by atoms with Crippen LogP contribution in [0.25, 0.3) is 11.1 Å². The van der Waals surface area contributed by atoms with E-state index in [0.29, 0.717) is 31.7 Å². The highest BCUT2D eigenvalue weighted by Crippen LogP contribution is 2.44. The Morgan fingerprint density at radius 3 is 2.32 bits per heavy atom. The Morgan fingerprint density at radius 2 is 1.65 bits per heavy atom. The summed E-state index contributed by atoms with van der Waals surface area (Å²) in [5.74, 6) is 0.707. The first-order valence-corrected chi connectivity index (χ1v) is 12.5. The summed E-state index contributed by atoms with van der Waals surface area (Å²) >= 11 is 0. The van der Waals surface area contributed by atoms with Crippen molar-refractivity contribution in [2.45, 2.75) is 45.7 Å². The van der Waals surface area contributed by atoms with Crippen LogP contribution in [0.3, 0.4) is 0 Å². The average Bonchev–Trinajstić information content (AvgIpc) is 3.18. The minimum atomic E-state index is -0.219. The van der Waals surface area contributed by atoms with E-state index in [9.17, 15) is 4.79 Å². The number of carbonyl (C=O) groups is 1. The fraction of sp³-hybridized carbons (Fsp3) is 0.367. The minimum absolute atomic E-state index is 0.0907. The van der Waals surface area contributed by atoms with Gasteiger partial charge in [-0.15, -0.1) is 0 Å². The molecule has 1 atom stereocenters. The third-order valence-electron chi connectivity index (χ3n) is 7.20. The van der Waals surface area contributed by atoms with Crippen molar-refractivity contribution < 1.29 is 9.53 Å². The van der Waals surface area contributed by atoms with E-state index in [1.54, 1.807) is 0 Å². The standard InChI is InChI=1S/C30H34N2O2/c1-20(2)17-31-21(3)23-14-8-9-22-18-32(16-15-24(22)23)30(33)34-19-29-27-12-6-4-10-25(27)26-11-5-7-13-28(26)29/h4-14,20-21,29,31H,15-19H2,1-3H3. The van der Waals surface area contributed by atoms with E-state index in [0.717, 1.165) is 13.0 Å². The molecule has 0 saturated carbocycles. The molecule has 1 aliphatic heterocycles. The molecule has 1 aliphatic carbocycles. The normalized spacial score (nSPS) is 15.6. The van der Waals surface area contributed by atoms with Crippen molar-refractivity contribution in [3.05, 3.63) is 94.5 Å². The molecule has 0 saturated heterocycles. The quantitative estimate of drug-likeness (QED) is 0.475. The monoisotopic (exact) mass is 454 g/mol. The summed E-state index contributed by atoms with van der Waals surface area (Å²) in [4.78, 5) is 14.9. The first kappa shape index (κ1) is 22.7. The van der Waals surface area contributed by atoms with Gasteiger partial charge in [-0.2, -0.15) is 0 Å². The molecule has 1 amide bonds. The molecule has 2 aliphatic rings. The Morgan fingerprint density at radius 1 is 0.971 bits per heavy atom. The predicted molar refractivity (Wildman–Crippen MR) is 137 cm³/mol. The lowest BCUT2D eigenvalue weighted by Crippen LogP contribution is -2.37. The maximum absolute atomic E-state index is 13.1. The van der Waals surface area contributed by atoms with Gasteiger partial charge in [0.1, 0.15) is 6.61 Å². The molecule has 1 heterocycles. The Balaban J connectivity index is 1.26. The number of nitrogens with one attached hydrogen (secondary N) is 1. The number of rotatable bonds is 6. The second kappa shape index (κ2) is 9.63. The number of hydrogen-bond donors (Lipinski definition) is 1. The SMILES string of the molecule is CC(C)CNC(C)c1cccc2c1CCN(C(=O)OCC1c3ccccc3-c3ccccc31)C2. The number of nitrogens with zero attached hydrogens (tertiary/aromatic N) is 1. The molecule has 176 valence electrons. The van der Waals surface area contributed by atoms with Gasteiger partial charge in [-0.1, -0.05) is 80.6 Å². The van der Waals surface area contributed by atoms with Crippen LogP contribution in [0.5, 0.6) is 0 Å². The second-order valence-electron chi connectivity index (χ2n) is 9.98. The molecular formula is C30H34N2O2. The molecule has 4 nitrogen and oxygen atoms in total. The largest absolute Gasteiger partial charge is 0.448 e. The third kappa shape index (κ3) is 4.35. The van der Waals surface area contributed by atoms with Crippen LogP contribution in [0.1, 0.15) is 60.5 Å². The van der Waals surface area contributed by atoms with E-state index in [4.69, 9.17) is 4.74 Å². The van der Waals surface area contributed by atoms with Gasteiger partial charge in [-0.3, -0.25) is 0 Å². The van der Waals surface area contributed by atoms with Crippen LogP contribution in [0, 0.1) is 5.92 Å². The Kier molecular flexibility index (Phi) is 6.42. The van der Waals surface area contributed by atoms with Crippen LogP contribution in [-0.4, -0.2) is 30.7 Å². The molecule has 1 N–H and O–H groups in total. The van der Waals surface area contributed by atoms with Crippen LogP contribution in [-0.2, 0) is 17.7 Å². The summed E-state index contributed by atoms with van der Waals surface area (Å²) in [6.07, 6.45) is 0.646. The molecule has 3 aromatic carbocycles. The summed E-state index contributed by atoms with van der Waals surface area (Å²) in [7, 11) is 0. The molecule has 0 bridgehead atoms. The van der Waals surface area contributed by atoms with Crippen LogP contribution in [0.15, 0.2) is 66.7 Å². The van der Waals surface area contributed by atoms with Gasteiger partial charge in [0.15, 0.2) is 0 Å². The summed E-state index contributed by atoms with van der Waals surface area (Å²) < 4.78 is 5.91. The number of carbonyl (C=O) groups excluding carboxylic acids is 1. The number of hydrogen-bond acceptors (Lipinski definition) is 3. The van der Waals surface area contributed by atoms with E-state index in [2.05, 4.69) is 92.8 Å². The summed E-state index contributed by atoms with van der Waals surface area (Å²) in [6.45, 7) is 9.35. The highest BCUT2D eigenvalue weighted by Gasteiger charge is 2.30. The molecule has 0 aromatic heterocycles. The number of benzene rings is 3. The maximum Gasteiger partial charge on any atom is 0.410 e. The highest BCUT2D eigenvalue weighted by atomic mass is 16.6. The highest BCUT2D eigenvalue weighted by molar-refractivity contribution is 5.79. The average molecular weight is 455 g/mol. The smallest absolute Gasteiger partial charge is 0.410 e. The van der Waals surface area contributed by atoms with Gasteiger partial charge < -0.3 is 15.0 Å². The van der Waals surface area contributed by atoms with Gasteiger partial charge in [0.05, 0.1) is 0 Å². The lowest BCUT2D eigenvalue weighted by Gasteiger charge is -2.31. The minimum Gasteiger partial charge on any atom is -0.448 e. The summed E-state index contributed by atoms with van der Waals surface area (Å²) in [5, 5.41) is 3.65. The van der Waals surface area contributed by atoms with Crippen molar-refractivity contribution in [2.24, 2.45) is 5.92 Å². The first-order chi connectivity index (χ1) is 16.5. The van der Waals surface area contributed by atoms with Crippen LogP contribution >= 0.6 is 0 Å². The second-order valence-corrected chi connectivity index (χ2v) is 9.98. The zero-order valence-corrected chi connectivity index (χ0v) is 20.4. The molecule has 3 aromatic rings. The molecular weight excluding hydrogens is 420 g/mol. The van der Waals surface area contributed by atoms with Gasteiger partial charge in [0.25, 0.3) is 0 Å². The molecule has 0 fully saturated rings. The van der Waals surface area contributed by atoms with Gasteiger partial charge in [0.2, 0.25) is 0 Å². The maximum atomic E-state index is 13.1. The van der Waals surface area contributed by atoms with Crippen molar-refractivity contribution in [1.82, 2.24) is 10.2 Å². The fourth-order valence-corrected chi connectivity index (χ4v) is 5.41. The van der Waals surface area contributed by atoms with Crippen molar-refractivity contribution in [2.75, 3.05) is 19.7 Å². The van der Waals surface area contributed by atoms with E-state index in [1.807, 2.05) is 4.90 Å². The molecule has 0 radical (unpaired) electrons. The van der Waals surface area contributed by atoms with Crippen LogP contribution in [0.4, 0.5) is 4.79 Å². The Labute approximate surface area is 202 Å². The van der Waals surface area contributed by atoms with Crippen molar-refractivity contribution in [3.63, 3.8) is 0 Å². The van der Waals surface area contributed by atoms with Crippen molar-refractivity contribution in [3.8, 4) is 11.1 Å². The summed E-state index contributed by atoms with van der Waals surface area (Å²) in [5.41, 5.74) is 8.95. The Hall–Kier alpha value is -3.11. The lowest BCUT2D eigenvalue weighted by molar-refractivity contribution is 0.0952. The van der Waals surface area contributed by atoms with Gasteiger partial charge in [-0.25, -0.2) is 4.79 Å². The number of ether oxygens (including phenoxy) is 1. The van der Waals surface area contributed by atoms with E-state index >= 15 is 0 Å². The van der Waals surface area contributed by atoms with Crippen LogP contribution in [0.2, 0.25) is 0 Å². The lowest BCUT2D eigenvalue weighted by atomic mass is 9.91. The van der Waals surface area contributed by atoms with Crippen molar-refractivity contribution >= 4 is 6.09 Å². The first-order valence-electron chi connectivity index (χ1n) is 12.5. The van der Waals surface area contributed by atoms with E-state index < -0.39 is 0 Å². The zero-order chi connectivity index (χ0) is 23.7. The Bertz CT molecular complexity index is 1140. The topological polar surface area (TPSA) is 41.6 Å². The summed E-state index contributed by atoms with van der Waals surface area (Å²) in [6, 6.07) is 23.7. The third-order valence-corrected chi connectivity index (χ3v) is 7.20. The molecule has 1 unspecified atom stereocenters. The fourth-order valence-electron chi connectivity index (χ4n) is 5.41. The van der Waals surface area contributed by atoms with Gasteiger partial charge in [-0.05, 0) is 64.8 Å². The zero-order valence-electron chi connectivity index (χ0n) is 20.4. The molecule has 0 spiro atoms. The number of amides is 1.